The zero-order chi connectivity index (χ0) is 16.0. The molecule has 0 nitrogen and oxygen atoms in total. The molecule has 0 aromatic rings. The fraction of sp³-hybridized carbons (Fsp3) is 1.00. The summed E-state index contributed by atoms with van der Waals surface area (Å²) in [5, 5.41) is 0. The van der Waals surface area contributed by atoms with E-state index < -0.39 is 55.3 Å². The van der Waals surface area contributed by atoms with Crippen molar-refractivity contribution in [3.8, 4) is 0 Å². The molecule has 0 aromatic carbocycles. The summed E-state index contributed by atoms with van der Waals surface area (Å²) in [6.07, 6.45) is -16.4. The summed E-state index contributed by atoms with van der Waals surface area (Å²) < 4.78 is 127. The first kappa shape index (κ1) is 17.4. The minimum Gasteiger partial charge on any atom is -0.198 e. The molecule has 10 heteroatoms. The van der Waals surface area contributed by atoms with Gasteiger partial charge in [0, 0.05) is 0 Å². The predicted molar refractivity (Wildman–Crippen MR) is 47.5 cm³/mol. The molecule has 1 rings (SSSR count). The molecular weight excluding hydrogens is 310 g/mol. The smallest absolute Gasteiger partial charge is 0.198 e. The van der Waals surface area contributed by atoms with Crippen LogP contribution in [0.4, 0.5) is 43.9 Å². The molecule has 0 radical (unpaired) electrons. The number of hydrogen-bond acceptors (Lipinski definition) is 0. The zero-order valence-electron chi connectivity index (χ0n) is 9.82. The Bertz CT molecular complexity index is 344. The van der Waals surface area contributed by atoms with Crippen molar-refractivity contribution in [3.05, 3.63) is 0 Å². The van der Waals surface area contributed by atoms with Crippen LogP contribution >= 0.6 is 0 Å². The molecule has 120 valence electrons. The van der Waals surface area contributed by atoms with Gasteiger partial charge in [-0.15, -0.1) is 0 Å². The number of hydrogen-bond donors (Lipinski definition) is 0. The lowest BCUT2D eigenvalue weighted by Gasteiger charge is -2.46. The minimum atomic E-state index is -6.76. The predicted octanol–water partition coefficient (Wildman–Crippen LogP) is 5.33. The average Bonchev–Trinajstić information content (AvgIpc) is 2.26. The second-order valence-corrected chi connectivity index (χ2v) is 4.79. The quantitative estimate of drug-likeness (QED) is 0.603. The molecule has 0 saturated heterocycles. The van der Waals surface area contributed by atoms with Crippen molar-refractivity contribution in [2.24, 2.45) is 5.41 Å². The molecule has 0 unspecified atom stereocenters. The topological polar surface area (TPSA) is 0 Å². The largest absolute Gasteiger partial charge is 0.459 e. The van der Waals surface area contributed by atoms with Gasteiger partial charge < -0.3 is 0 Å². The van der Waals surface area contributed by atoms with Gasteiger partial charge in [0.05, 0.1) is 0 Å². The molecule has 0 spiro atoms. The van der Waals surface area contributed by atoms with Gasteiger partial charge in [-0.05, 0) is 12.8 Å². The molecule has 0 heterocycles. The molecule has 0 bridgehead atoms. The molecule has 20 heavy (non-hydrogen) atoms. The van der Waals surface area contributed by atoms with Crippen LogP contribution in [-0.4, -0.2) is 24.2 Å². The fourth-order valence-corrected chi connectivity index (χ4v) is 2.41. The maximum absolute atomic E-state index is 13.5. The monoisotopic (exact) mass is 320 g/mol. The highest BCUT2D eigenvalue weighted by molar-refractivity contribution is 5.08. The second-order valence-electron chi connectivity index (χ2n) is 4.79. The first-order chi connectivity index (χ1) is 8.71. The summed E-state index contributed by atoms with van der Waals surface area (Å²) in [4.78, 5) is 0. The number of halogens is 10. The summed E-state index contributed by atoms with van der Waals surface area (Å²) >= 11 is 0. The van der Waals surface area contributed by atoms with Gasteiger partial charge in [0.2, 0.25) is 0 Å². The van der Waals surface area contributed by atoms with Crippen LogP contribution in [0.3, 0.4) is 0 Å². The van der Waals surface area contributed by atoms with Crippen LogP contribution in [0.25, 0.3) is 0 Å². The minimum absolute atomic E-state index is 0.0749. The normalized spacial score (nSPS) is 21.9. The van der Waals surface area contributed by atoms with Crippen LogP contribution in [0.15, 0.2) is 0 Å². The molecule has 0 amide bonds. The molecular formula is C10H10F10. The van der Waals surface area contributed by atoms with E-state index in [0.717, 1.165) is 0 Å². The van der Waals surface area contributed by atoms with Gasteiger partial charge >= 0.3 is 24.2 Å². The van der Waals surface area contributed by atoms with Gasteiger partial charge in [-0.1, -0.05) is 19.3 Å². The van der Waals surface area contributed by atoms with Gasteiger partial charge in [-0.2, -0.15) is 43.9 Å². The molecule has 1 aliphatic rings. The summed E-state index contributed by atoms with van der Waals surface area (Å²) in [5.74, 6) is -13.0. The van der Waals surface area contributed by atoms with Crippen molar-refractivity contribution < 1.29 is 43.9 Å². The van der Waals surface area contributed by atoms with Crippen LogP contribution in [-0.2, 0) is 0 Å². The highest BCUT2D eigenvalue weighted by Gasteiger charge is 2.84. The maximum atomic E-state index is 13.5. The SMILES string of the molecule is FC(F)(F)C(F)(F)C(F)(F)C1(C(F)(F)F)CCCCC1. The van der Waals surface area contributed by atoms with E-state index in [2.05, 4.69) is 0 Å². The van der Waals surface area contributed by atoms with Crippen LogP contribution in [0.5, 0.6) is 0 Å². The lowest BCUT2D eigenvalue weighted by molar-refractivity contribution is -0.417. The van der Waals surface area contributed by atoms with Gasteiger partial charge in [0.15, 0.2) is 0 Å². The van der Waals surface area contributed by atoms with E-state index in [-0.39, 0.29) is 6.42 Å². The van der Waals surface area contributed by atoms with Crippen LogP contribution in [0, 0.1) is 5.41 Å². The Morgan fingerprint density at radius 3 is 1.30 bits per heavy atom. The van der Waals surface area contributed by atoms with Crippen LogP contribution in [0.1, 0.15) is 32.1 Å². The first-order valence-electron chi connectivity index (χ1n) is 5.60. The Labute approximate surface area is 107 Å². The second kappa shape index (κ2) is 4.66. The Morgan fingerprint density at radius 2 is 1.00 bits per heavy atom. The Hall–Kier alpha value is -0.700. The fourth-order valence-electron chi connectivity index (χ4n) is 2.41. The van der Waals surface area contributed by atoms with E-state index in [9.17, 15) is 43.9 Å². The summed E-state index contributed by atoms with van der Waals surface area (Å²) in [5.41, 5.74) is -4.35. The Morgan fingerprint density at radius 1 is 0.600 bits per heavy atom. The zero-order valence-corrected chi connectivity index (χ0v) is 9.82. The lowest BCUT2D eigenvalue weighted by atomic mass is 9.67. The van der Waals surface area contributed by atoms with E-state index >= 15 is 0 Å². The van der Waals surface area contributed by atoms with Crippen molar-refractivity contribution >= 4 is 0 Å². The van der Waals surface area contributed by atoms with Crippen molar-refractivity contribution in [1.29, 1.82) is 0 Å². The van der Waals surface area contributed by atoms with Gasteiger partial charge in [-0.25, -0.2) is 0 Å². The van der Waals surface area contributed by atoms with Gasteiger partial charge in [0.25, 0.3) is 0 Å². The molecule has 0 aromatic heterocycles. The van der Waals surface area contributed by atoms with Gasteiger partial charge in [0.1, 0.15) is 5.41 Å². The third-order valence-electron chi connectivity index (χ3n) is 3.60. The van der Waals surface area contributed by atoms with E-state index in [0.29, 0.717) is 0 Å². The molecule has 0 aliphatic heterocycles. The number of rotatable bonds is 2. The number of alkyl halides is 10. The van der Waals surface area contributed by atoms with E-state index in [1.165, 1.54) is 0 Å². The van der Waals surface area contributed by atoms with E-state index in [1.54, 1.807) is 0 Å². The van der Waals surface area contributed by atoms with Crippen molar-refractivity contribution in [2.75, 3.05) is 0 Å². The first-order valence-corrected chi connectivity index (χ1v) is 5.60. The average molecular weight is 320 g/mol. The summed E-state index contributed by atoms with van der Waals surface area (Å²) in [6, 6.07) is 0. The molecule has 1 aliphatic carbocycles. The summed E-state index contributed by atoms with van der Waals surface area (Å²) in [7, 11) is 0. The Balaban J connectivity index is 3.40. The van der Waals surface area contributed by atoms with Crippen molar-refractivity contribution in [1.82, 2.24) is 0 Å². The maximum Gasteiger partial charge on any atom is 0.459 e. The van der Waals surface area contributed by atoms with Crippen molar-refractivity contribution in [3.63, 3.8) is 0 Å². The van der Waals surface area contributed by atoms with Crippen LogP contribution < -0.4 is 0 Å². The molecule has 1 saturated carbocycles. The molecule has 1 fully saturated rings. The van der Waals surface area contributed by atoms with Crippen LogP contribution in [0.2, 0.25) is 0 Å². The molecule has 0 N–H and O–H groups in total. The van der Waals surface area contributed by atoms with Crippen molar-refractivity contribution in [2.45, 2.75) is 56.3 Å². The third-order valence-corrected chi connectivity index (χ3v) is 3.60. The van der Waals surface area contributed by atoms with E-state index in [4.69, 9.17) is 0 Å². The Kier molecular flexibility index (Phi) is 4.04. The van der Waals surface area contributed by atoms with E-state index in [1.807, 2.05) is 0 Å². The standard InChI is InChI=1S/C10H10F10/c11-7(12,8(13,14)10(18,19)20)6(9(15,16)17)4-2-1-3-5-6/h1-5H2. The third kappa shape index (κ3) is 2.24. The van der Waals surface area contributed by atoms with Gasteiger partial charge in [-0.3, -0.25) is 0 Å². The summed E-state index contributed by atoms with van der Waals surface area (Å²) in [6.45, 7) is 0. The highest BCUT2D eigenvalue weighted by atomic mass is 19.4. The molecule has 0 atom stereocenters. The lowest BCUT2D eigenvalue weighted by Crippen LogP contribution is -2.65. The highest BCUT2D eigenvalue weighted by Crippen LogP contribution is 2.64.